The lowest BCUT2D eigenvalue weighted by atomic mass is 10.2. The fourth-order valence-electron chi connectivity index (χ4n) is 1.59. The van der Waals surface area contributed by atoms with Gasteiger partial charge in [-0.05, 0) is 52.7 Å². The Labute approximate surface area is 123 Å². The molecule has 2 aromatic carbocycles. The molecule has 0 fully saturated rings. The van der Waals surface area contributed by atoms with Gasteiger partial charge in [0.25, 0.3) is 5.69 Å². The van der Waals surface area contributed by atoms with Crippen LogP contribution in [0.25, 0.3) is 0 Å². The van der Waals surface area contributed by atoms with Gasteiger partial charge in [0.15, 0.2) is 0 Å². The Bertz CT molecular complexity index is 723. The smallest absolute Gasteiger partial charge is 0.273 e. The highest BCUT2D eigenvalue weighted by Crippen LogP contribution is 2.31. The second-order valence-corrected chi connectivity index (χ2v) is 4.92. The van der Waals surface area contributed by atoms with Crippen LogP contribution in [0.4, 0.5) is 5.69 Å². The molecule has 5 nitrogen and oxygen atoms in total. The summed E-state index contributed by atoms with van der Waals surface area (Å²) in [5.74, 6) is 0.912. The molecule has 0 atom stereocenters. The fraction of sp³-hybridized carbons (Fsp3) is 0.0714. The van der Waals surface area contributed by atoms with Crippen LogP contribution in [0.3, 0.4) is 0 Å². The molecule has 0 aromatic heterocycles. The summed E-state index contributed by atoms with van der Waals surface area (Å²) in [6.07, 6.45) is 0. The standard InChI is InChI=1S/C14H9BrN2O3/c1-9-2-4-11(17(18)19)6-14(9)20-12-5-3-10(8-16)13(15)7-12/h2-7H,1H3. The van der Waals surface area contributed by atoms with E-state index in [0.29, 0.717) is 21.5 Å². The number of ether oxygens (including phenoxy) is 1. The molecule has 0 aliphatic heterocycles. The second kappa shape index (κ2) is 5.72. The average molecular weight is 333 g/mol. The lowest BCUT2D eigenvalue weighted by Crippen LogP contribution is -1.92. The van der Waals surface area contributed by atoms with Crippen LogP contribution in [0.5, 0.6) is 11.5 Å². The van der Waals surface area contributed by atoms with E-state index in [9.17, 15) is 10.1 Å². The van der Waals surface area contributed by atoms with E-state index in [4.69, 9.17) is 10.00 Å². The van der Waals surface area contributed by atoms with Gasteiger partial charge in [-0.1, -0.05) is 0 Å². The van der Waals surface area contributed by atoms with Crippen molar-refractivity contribution in [3.05, 3.63) is 62.1 Å². The SMILES string of the molecule is Cc1ccc([N+](=O)[O-])cc1Oc1ccc(C#N)c(Br)c1. The van der Waals surface area contributed by atoms with Crippen LogP contribution in [0, 0.1) is 28.4 Å². The maximum Gasteiger partial charge on any atom is 0.273 e. The number of nitro benzene ring substituents is 1. The van der Waals surface area contributed by atoms with Crippen LogP contribution in [0.1, 0.15) is 11.1 Å². The first-order chi connectivity index (χ1) is 9.51. The largest absolute Gasteiger partial charge is 0.457 e. The van der Waals surface area contributed by atoms with E-state index >= 15 is 0 Å². The van der Waals surface area contributed by atoms with Crippen molar-refractivity contribution in [2.75, 3.05) is 0 Å². The number of rotatable bonds is 3. The van der Waals surface area contributed by atoms with Crippen molar-refractivity contribution in [2.24, 2.45) is 0 Å². The van der Waals surface area contributed by atoms with Gasteiger partial charge in [-0.25, -0.2) is 0 Å². The highest BCUT2D eigenvalue weighted by molar-refractivity contribution is 9.10. The second-order valence-electron chi connectivity index (χ2n) is 4.06. The molecule has 0 bridgehead atoms. The predicted octanol–water partition coefficient (Wildman–Crippen LogP) is 4.33. The molecule has 0 unspecified atom stereocenters. The molecular weight excluding hydrogens is 324 g/mol. The molecule has 20 heavy (non-hydrogen) atoms. The molecule has 100 valence electrons. The molecule has 2 aromatic rings. The van der Waals surface area contributed by atoms with Gasteiger partial charge in [-0.2, -0.15) is 5.26 Å². The van der Waals surface area contributed by atoms with Crippen molar-refractivity contribution in [2.45, 2.75) is 6.92 Å². The molecule has 0 saturated carbocycles. The topological polar surface area (TPSA) is 76.2 Å². The van der Waals surface area contributed by atoms with Gasteiger partial charge >= 0.3 is 0 Å². The van der Waals surface area contributed by atoms with E-state index in [1.807, 2.05) is 6.07 Å². The molecular formula is C14H9BrN2O3. The Balaban J connectivity index is 2.35. The van der Waals surface area contributed by atoms with E-state index in [-0.39, 0.29) is 5.69 Å². The summed E-state index contributed by atoms with van der Waals surface area (Å²) in [5.41, 5.74) is 1.25. The Hall–Kier alpha value is -2.39. The van der Waals surface area contributed by atoms with Crippen molar-refractivity contribution in [1.29, 1.82) is 5.26 Å². The van der Waals surface area contributed by atoms with Crippen molar-refractivity contribution < 1.29 is 9.66 Å². The van der Waals surface area contributed by atoms with E-state index in [1.54, 1.807) is 31.2 Å². The summed E-state index contributed by atoms with van der Waals surface area (Å²) in [4.78, 5) is 10.3. The number of benzene rings is 2. The average Bonchev–Trinajstić information content (AvgIpc) is 2.41. The van der Waals surface area contributed by atoms with E-state index in [0.717, 1.165) is 5.56 Å². The predicted molar refractivity (Wildman–Crippen MR) is 76.8 cm³/mol. The third-order valence-electron chi connectivity index (χ3n) is 2.67. The molecule has 0 saturated heterocycles. The first-order valence-electron chi connectivity index (χ1n) is 5.64. The third-order valence-corrected chi connectivity index (χ3v) is 3.33. The van der Waals surface area contributed by atoms with Gasteiger partial charge in [0.2, 0.25) is 0 Å². The highest BCUT2D eigenvalue weighted by Gasteiger charge is 2.11. The molecule has 6 heteroatoms. The van der Waals surface area contributed by atoms with Gasteiger partial charge in [-0.3, -0.25) is 10.1 Å². The minimum atomic E-state index is -0.471. The van der Waals surface area contributed by atoms with Crippen LogP contribution in [0.15, 0.2) is 40.9 Å². The monoisotopic (exact) mass is 332 g/mol. The van der Waals surface area contributed by atoms with Crippen molar-refractivity contribution in [3.63, 3.8) is 0 Å². The zero-order chi connectivity index (χ0) is 14.7. The first-order valence-corrected chi connectivity index (χ1v) is 6.43. The third kappa shape index (κ3) is 2.95. The van der Waals surface area contributed by atoms with Crippen LogP contribution in [-0.2, 0) is 0 Å². The van der Waals surface area contributed by atoms with Crippen molar-refractivity contribution in [1.82, 2.24) is 0 Å². The lowest BCUT2D eigenvalue weighted by molar-refractivity contribution is -0.384. The zero-order valence-corrected chi connectivity index (χ0v) is 12.0. The Morgan fingerprint density at radius 2 is 2.05 bits per heavy atom. The van der Waals surface area contributed by atoms with Gasteiger partial charge in [-0.15, -0.1) is 0 Å². The van der Waals surface area contributed by atoms with E-state index < -0.39 is 4.92 Å². The Morgan fingerprint density at radius 3 is 2.65 bits per heavy atom. The van der Waals surface area contributed by atoms with E-state index in [1.165, 1.54) is 12.1 Å². The van der Waals surface area contributed by atoms with Gasteiger partial charge < -0.3 is 4.74 Å². The Morgan fingerprint density at radius 1 is 1.30 bits per heavy atom. The number of hydrogen-bond donors (Lipinski definition) is 0. The summed E-state index contributed by atoms with van der Waals surface area (Å²) >= 11 is 3.27. The number of nitriles is 1. The number of non-ortho nitro benzene ring substituents is 1. The summed E-state index contributed by atoms with van der Waals surface area (Å²) in [5, 5.41) is 19.6. The molecule has 0 aliphatic carbocycles. The molecule has 0 amide bonds. The van der Waals surface area contributed by atoms with Gasteiger partial charge in [0, 0.05) is 10.5 Å². The number of halogens is 1. The normalized spacial score (nSPS) is 9.85. The molecule has 0 spiro atoms. The lowest BCUT2D eigenvalue weighted by Gasteiger charge is -2.09. The van der Waals surface area contributed by atoms with Gasteiger partial charge in [0.05, 0.1) is 16.6 Å². The van der Waals surface area contributed by atoms with Crippen LogP contribution in [0.2, 0.25) is 0 Å². The summed E-state index contributed by atoms with van der Waals surface area (Å²) in [6, 6.07) is 11.4. The quantitative estimate of drug-likeness (QED) is 0.619. The fourth-order valence-corrected chi connectivity index (χ4v) is 2.04. The summed E-state index contributed by atoms with van der Waals surface area (Å²) in [6.45, 7) is 1.80. The molecule has 0 aliphatic rings. The van der Waals surface area contributed by atoms with Crippen LogP contribution in [-0.4, -0.2) is 4.92 Å². The number of aryl methyl sites for hydroxylation is 1. The summed E-state index contributed by atoms with van der Waals surface area (Å²) in [7, 11) is 0. The molecule has 0 heterocycles. The minimum Gasteiger partial charge on any atom is -0.457 e. The Kier molecular flexibility index (Phi) is 4.01. The van der Waals surface area contributed by atoms with Crippen LogP contribution >= 0.6 is 15.9 Å². The maximum atomic E-state index is 10.8. The minimum absolute atomic E-state index is 0.0293. The van der Waals surface area contributed by atoms with Crippen LogP contribution < -0.4 is 4.74 Å². The van der Waals surface area contributed by atoms with Gasteiger partial charge in [0.1, 0.15) is 17.6 Å². The van der Waals surface area contributed by atoms with Crippen molar-refractivity contribution in [3.8, 4) is 17.6 Å². The number of nitro groups is 1. The number of hydrogen-bond acceptors (Lipinski definition) is 4. The first kappa shape index (κ1) is 14.0. The molecule has 0 N–H and O–H groups in total. The highest BCUT2D eigenvalue weighted by atomic mass is 79.9. The zero-order valence-electron chi connectivity index (χ0n) is 10.5. The number of nitrogens with zero attached hydrogens (tertiary/aromatic N) is 2. The van der Waals surface area contributed by atoms with Crippen molar-refractivity contribution >= 4 is 21.6 Å². The molecule has 2 rings (SSSR count). The molecule has 0 radical (unpaired) electrons. The van der Waals surface area contributed by atoms with E-state index in [2.05, 4.69) is 15.9 Å². The maximum absolute atomic E-state index is 10.8. The summed E-state index contributed by atoms with van der Waals surface area (Å²) < 4.78 is 6.25.